The lowest BCUT2D eigenvalue weighted by Crippen LogP contribution is -2.29. The molecule has 0 N–H and O–H groups in total. The summed E-state index contributed by atoms with van der Waals surface area (Å²) in [7, 11) is -5.90. The van der Waals surface area contributed by atoms with Gasteiger partial charge in [0, 0.05) is 0 Å². The minimum absolute atomic E-state index is 0.0858. The van der Waals surface area contributed by atoms with Crippen molar-refractivity contribution in [2.45, 2.75) is 5.51 Å². The van der Waals surface area contributed by atoms with Crippen molar-refractivity contribution < 1.29 is 30.2 Å². The lowest BCUT2D eigenvalue weighted by atomic mass is 10.2. The van der Waals surface area contributed by atoms with Crippen LogP contribution >= 0.6 is 0 Å². The summed E-state index contributed by atoms with van der Waals surface area (Å²) in [6.07, 6.45) is 0.522. The number of halogens is 3. The van der Waals surface area contributed by atoms with E-state index in [2.05, 4.69) is 4.18 Å². The van der Waals surface area contributed by atoms with Crippen LogP contribution in [0, 0.1) is 0 Å². The van der Waals surface area contributed by atoms with Crippen LogP contribution < -0.4 is 9.61 Å². The molecule has 0 unspecified atom stereocenters. The summed E-state index contributed by atoms with van der Waals surface area (Å²) in [4.78, 5) is 11.7. The van der Waals surface area contributed by atoms with Gasteiger partial charge in [0.2, 0.25) is 11.2 Å². The van der Waals surface area contributed by atoms with Gasteiger partial charge >= 0.3 is 15.6 Å². The van der Waals surface area contributed by atoms with Gasteiger partial charge in [0.25, 0.3) is 0 Å². The van der Waals surface area contributed by atoms with E-state index in [9.17, 15) is 26.4 Å². The first kappa shape index (κ1) is 13.4. The third kappa shape index (κ3) is 2.41. The van der Waals surface area contributed by atoms with Gasteiger partial charge in [-0.1, -0.05) is 12.1 Å². The predicted molar refractivity (Wildman–Crippen MR) is 58.1 cm³/mol. The zero-order valence-corrected chi connectivity index (χ0v) is 9.79. The molecule has 102 valence electrons. The van der Waals surface area contributed by atoms with E-state index in [4.69, 9.17) is 4.42 Å². The van der Waals surface area contributed by atoms with Gasteiger partial charge in [0.05, 0.1) is 5.39 Å². The number of para-hydroxylation sites is 1. The van der Waals surface area contributed by atoms with Crippen molar-refractivity contribution in [2.75, 3.05) is 0 Å². The average Bonchev–Trinajstić information content (AvgIpc) is 2.31. The second-order valence-corrected chi connectivity index (χ2v) is 4.95. The van der Waals surface area contributed by atoms with E-state index in [-0.39, 0.29) is 11.0 Å². The number of benzene rings is 1. The quantitative estimate of drug-likeness (QED) is 0.626. The van der Waals surface area contributed by atoms with E-state index < -0.39 is 26.8 Å². The van der Waals surface area contributed by atoms with Gasteiger partial charge in [-0.05, 0) is 12.1 Å². The highest BCUT2D eigenvalue weighted by atomic mass is 32.2. The van der Waals surface area contributed by atoms with E-state index >= 15 is 0 Å². The number of hydrogen-bond donors (Lipinski definition) is 0. The molecule has 0 aliphatic rings. The maximum Gasteiger partial charge on any atom is 0.534 e. The minimum atomic E-state index is -5.90. The third-order valence-corrected chi connectivity index (χ3v) is 3.10. The van der Waals surface area contributed by atoms with Crippen molar-refractivity contribution in [1.29, 1.82) is 0 Å². The Labute approximate surface area is 104 Å². The van der Waals surface area contributed by atoms with Gasteiger partial charge in [0.15, 0.2) is 0 Å². The summed E-state index contributed by atoms with van der Waals surface area (Å²) >= 11 is 0. The molecule has 5 nitrogen and oxygen atoms in total. The number of fused-ring (bicyclic) bond motifs is 1. The fraction of sp³-hybridized carbons (Fsp3) is 0.100. The Hall–Kier alpha value is -2.03. The number of rotatable bonds is 2. The SMILES string of the molecule is O=c1c(OS(=O)(=O)C(F)(F)F)coc2ccccc12. The van der Waals surface area contributed by atoms with Crippen LogP contribution in [-0.2, 0) is 10.1 Å². The van der Waals surface area contributed by atoms with Crippen LogP contribution in [0.5, 0.6) is 5.75 Å². The van der Waals surface area contributed by atoms with Gasteiger partial charge in [-0.15, -0.1) is 0 Å². The Balaban J connectivity index is 2.55. The first-order valence-electron chi connectivity index (χ1n) is 4.74. The summed E-state index contributed by atoms with van der Waals surface area (Å²) in [6, 6.07) is 5.66. The molecule has 0 saturated heterocycles. The zero-order valence-electron chi connectivity index (χ0n) is 8.97. The highest BCUT2D eigenvalue weighted by Gasteiger charge is 2.49. The van der Waals surface area contributed by atoms with Crippen LogP contribution in [0.3, 0.4) is 0 Å². The Bertz CT molecular complexity index is 776. The molecule has 0 bridgehead atoms. The first-order chi connectivity index (χ1) is 8.72. The summed E-state index contributed by atoms with van der Waals surface area (Å²) in [6.45, 7) is 0. The van der Waals surface area contributed by atoms with Crippen molar-refractivity contribution in [2.24, 2.45) is 0 Å². The molecule has 19 heavy (non-hydrogen) atoms. The lowest BCUT2D eigenvalue weighted by Gasteiger charge is -2.08. The molecular weight excluding hydrogens is 289 g/mol. The number of hydrogen-bond acceptors (Lipinski definition) is 5. The second-order valence-electron chi connectivity index (χ2n) is 3.41. The van der Waals surface area contributed by atoms with E-state index in [1.807, 2.05) is 0 Å². The first-order valence-corrected chi connectivity index (χ1v) is 6.14. The second kappa shape index (κ2) is 4.26. The van der Waals surface area contributed by atoms with Gasteiger partial charge in [-0.3, -0.25) is 4.79 Å². The van der Waals surface area contributed by atoms with Crippen LogP contribution in [0.1, 0.15) is 0 Å². The maximum atomic E-state index is 12.1. The highest BCUT2D eigenvalue weighted by molar-refractivity contribution is 7.87. The van der Waals surface area contributed by atoms with Crippen molar-refractivity contribution >= 4 is 21.1 Å². The monoisotopic (exact) mass is 294 g/mol. The molecule has 0 saturated carbocycles. The summed E-state index contributed by atoms with van der Waals surface area (Å²) < 4.78 is 66.5. The normalized spacial score (nSPS) is 12.6. The molecule has 0 aliphatic carbocycles. The van der Waals surface area contributed by atoms with Crippen molar-refractivity contribution in [1.82, 2.24) is 0 Å². The Kier molecular flexibility index (Phi) is 3.01. The van der Waals surface area contributed by atoms with Gasteiger partial charge in [-0.2, -0.15) is 21.6 Å². The van der Waals surface area contributed by atoms with E-state index in [0.29, 0.717) is 6.26 Å². The van der Waals surface area contributed by atoms with Crippen LogP contribution in [0.15, 0.2) is 39.7 Å². The molecule has 0 spiro atoms. The summed E-state index contributed by atoms with van der Waals surface area (Å²) in [5, 5.41) is -0.0858. The minimum Gasteiger partial charge on any atom is -0.460 e. The maximum absolute atomic E-state index is 12.1. The highest BCUT2D eigenvalue weighted by Crippen LogP contribution is 2.26. The summed E-state index contributed by atoms with van der Waals surface area (Å²) in [5.41, 5.74) is -6.52. The topological polar surface area (TPSA) is 73.6 Å². The van der Waals surface area contributed by atoms with Crippen molar-refractivity contribution in [3.05, 3.63) is 40.8 Å². The Morgan fingerprint density at radius 1 is 1.16 bits per heavy atom. The molecular formula is C10H5F3O5S. The van der Waals surface area contributed by atoms with Crippen molar-refractivity contribution in [3.63, 3.8) is 0 Å². The molecule has 1 aromatic carbocycles. The Morgan fingerprint density at radius 3 is 2.42 bits per heavy atom. The largest absolute Gasteiger partial charge is 0.534 e. The van der Waals surface area contributed by atoms with Crippen LogP contribution in [0.2, 0.25) is 0 Å². The smallest absolute Gasteiger partial charge is 0.460 e. The molecule has 0 aliphatic heterocycles. The molecule has 2 aromatic rings. The van der Waals surface area contributed by atoms with Crippen LogP contribution in [-0.4, -0.2) is 13.9 Å². The molecule has 0 radical (unpaired) electrons. The fourth-order valence-electron chi connectivity index (χ4n) is 1.28. The lowest BCUT2D eigenvalue weighted by molar-refractivity contribution is -0.0500. The molecule has 1 heterocycles. The van der Waals surface area contributed by atoms with Crippen LogP contribution in [0.4, 0.5) is 13.2 Å². The van der Waals surface area contributed by atoms with Crippen molar-refractivity contribution in [3.8, 4) is 5.75 Å². The molecule has 0 amide bonds. The van der Waals surface area contributed by atoms with Crippen LogP contribution in [0.25, 0.3) is 11.0 Å². The molecule has 0 fully saturated rings. The molecule has 9 heteroatoms. The molecule has 2 rings (SSSR count). The standard InChI is InChI=1S/C10H5F3O5S/c11-10(12,13)19(15,16)18-8-5-17-7-4-2-1-3-6(7)9(8)14/h1-5H. The van der Waals surface area contributed by atoms with E-state index in [0.717, 1.165) is 0 Å². The summed E-state index contributed by atoms with van der Waals surface area (Å²) in [5.74, 6) is -1.05. The fourth-order valence-corrected chi connectivity index (χ4v) is 1.73. The average molecular weight is 294 g/mol. The van der Waals surface area contributed by atoms with E-state index in [1.54, 1.807) is 0 Å². The molecule has 1 aromatic heterocycles. The predicted octanol–water partition coefficient (Wildman–Crippen LogP) is 2.02. The van der Waals surface area contributed by atoms with E-state index in [1.165, 1.54) is 24.3 Å². The Morgan fingerprint density at radius 2 is 1.79 bits per heavy atom. The molecule has 0 atom stereocenters. The zero-order chi connectivity index (χ0) is 14.3. The number of alkyl halides is 3. The van der Waals surface area contributed by atoms with Gasteiger partial charge < -0.3 is 8.60 Å². The third-order valence-electron chi connectivity index (χ3n) is 2.13. The van der Waals surface area contributed by atoms with Gasteiger partial charge in [-0.25, -0.2) is 0 Å². The van der Waals surface area contributed by atoms with Gasteiger partial charge in [0.1, 0.15) is 11.8 Å².